The van der Waals surface area contributed by atoms with E-state index >= 15 is 0 Å². The van der Waals surface area contributed by atoms with Gasteiger partial charge in [0.25, 0.3) is 0 Å². The number of hydrogen-bond acceptors (Lipinski definition) is 7. The van der Waals surface area contributed by atoms with E-state index in [4.69, 9.17) is 12.2 Å². The van der Waals surface area contributed by atoms with Crippen LogP contribution >= 0.6 is 0 Å². The zero-order chi connectivity index (χ0) is 23.8. The number of nitrogens with one attached hydrogen (secondary N) is 3. The lowest BCUT2D eigenvalue weighted by Gasteiger charge is -2.11. The molecule has 1 heterocycles. The molecule has 0 aliphatic carbocycles. The molecule has 0 aliphatic rings. The molecule has 3 N–H and O–H groups in total. The van der Waals surface area contributed by atoms with Gasteiger partial charge in [-0.15, -0.1) is 0 Å². The summed E-state index contributed by atoms with van der Waals surface area (Å²) in [6.07, 6.45) is 2.14. The number of methoxy groups -OCH3 is 1. The van der Waals surface area contributed by atoms with Crippen LogP contribution in [0.1, 0.15) is 2.74 Å². The molecule has 0 saturated carbocycles. The van der Waals surface area contributed by atoms with Gasteiger partial charge in [-0.2, -0.15) is 4.98 Å². The van der Waals surface area contributed by atoms with E-state index in [0.717, 1.165) is 12.3 Å². The summed E-state index contributed by atoms with van der Waals surface area (Å²) >= 11 is 0. The molecule has 3 rings (SSSR count). The van der Waals surface area contributed by atoms with Gasteiger partial charge in [0.05, 0.1) is 15.5 Å². The molecule has 0 saturated heterocycles. The third-order valence-corrected chi connectivity index (χ3v) is 3.83. The highest BCUT2D eigenvalue weighted by Crippen LogP contribution is 2.23. The predicted molar refractivity (Wildman–Crippen MR) is 118 cm³/mol. The van der Waals surface area contributed by atoms with Crippen LogP contribution in [-0.2, 0) is 9.53 Å². The summed E-state index contributed by atoms with van der Waals surface area (Å²) in [5.74, 6) is -0.975. The summed E-state index contributed by atoms with van der Waals surface area (Å²) in [5, 5.41) is 8.32. The quantitative estimate of drug-likeness (QED) is 0.330. The van der Waals surface area contributed by atoms with Gasteiger partial charge >= 0.3 is 0 Å². The largest absolute Gasteiger partial charge is 0.491 e. The number of benzene rings is 2. The first kappa shape index (κ1) is 19.0. The number of aromatic nitrogens is 2. The fraction of sp³-hybridized carbons (Fsp3) is 0.136. The minimum atomic E-state index is -0.690. The normalized spacial score (nSPS) is 11.2. The molecule has 0 fully saturated rings. The van der Waals surface area contributed by atoms with E-state index in [1.807, 2.05) is 0 Å². The van der Waals surface area contributed by atoms with Crippen molar-refractivity contribution >= 4 is 34.7 Å². The molecule has 0 aliphatic heterocycles. The number of nitrogens with zero attached hydrogens (tertiary/aromatic N) is 2. The molecule has 0 radical (unpaired) electrons. The standard InChI is InChI=1S/C22H22FN5O3/c1-3-20(29)25-16-5-4-6-17(13-16)26-21-19(23)14-24-22(28-21)27-15-7-9-18(10-8-15)31-12-11-30-2/h3-10,13-14H,1,11-12H2,2H3,(H,25,29)(H2,24,26,27,28)/i9D,10D. The minimum absolute atomic E-state index is 0.0000468. The summed E-state index contributed by atoms with van der Waals surface area (Å²) in [7, 11) is 1.53. The van der Waals surface area contributed by atoms with Crippen molar-refractivity contribution in [3.05, 3.63) is 73.2 Å². The van der Waals surface area contributed by atoms with Crippen LogP contribution in [0.5, 0.6) is 5.75 Å². The molecular formula is C22H22FN5O3. The van der Waals surface area contributed by atoms with Gasteiger partial charge in [-0.1, -0.05) is 12.6 Å². The van der Waals surface area contributed by atoms with Gasteiger partial charge in [0, 0.05) is 24.2 Å². The van der Waals surface area contributed by atoms with E-state index in [1.54, 1.807) is 24.3 Å². The maximum atomic E-state index is 14.3. The van der Waals surface area contributed by atoms with Crippen molar-refractivity contribution in [2.24, 2.45) is 0 Å². The van der Waals surface area contributed by atoms with Crippen molar-refractivity contribution in [3.8, 4) is 5.75 Å². The first-order chi connectivity index (χ1) is 15.9. The lowest BCUT2D eigenvalue weighted by Crippen LogP contribution is -2.07. The number of ether oxygens (including phenoxy) is 2. The second kappa shape index (κ2) is 10.7. The molecule has 8 nitrogen and oxygen atoms in total. The fourth-order valence-electron chi connectivity index (χ4n) is 2.40. The van der Waals surface area contributed by atoms with Gasteiger partial charge in [0.1, 0.15) is 12.4 Å². The number of halogens is 1. The Morgan fingerprint density at radius 3 is 2.71 bits per heavy atom. The summed E-state index contributed by atoms with van der Waals surface area (Å²) in [4.78, 5) is 19.5. The Morgan fingerprint density at radius 1 is 1.19 bits per heavy atom. The Labute approximate surface area is 181 Å². The SMILES string of the molecule is [2H]c1cc(Nc2ncc(F)c(Nc3cccc(NC(=O)C=C)c3)n2)cc([2H])c1OCCOC. The smallest absolute Gasteiger partial charge is 0.247 e. The summed E-state index contributed by atoms with van der Waals surface area (Å²) in [6.45, 7) is 3.95. The van der Waals surface area contributed by atoms with Crippen LogP contribution in [-0.4, -0.2) is 36.2 Å². The molecule has 31 heavy (non-hydrogen) atoms. The third-order valence-electron chi connectivity index (χ3n) is 3.83. The van der Waals surface area contributed by atoms with Gasteiger partial charge in [0.15, 0.2) is 11.6 Å². The molecule has 0 bridgehead atoms. The lowest BCUT2D eigenvalue weighted by atomic mass is 10.2. The van der Waals surface area contributed by atoms with Crippen LogP contribution in [0, 0.1) is 5.82 Å². The molecule has 0 unspecified atom stereocenters. The molecule has 0 atom stereocenters. The van der Waals surface area contributed by atoms with Crippen molar-refractivity contribution in [2.75, 3.05) is 36.3 Å². The molecule has 2 aromatic carbocycles. The fourth-order valence-corrected chi connectivity index (χ4v) is 2.40. The van der Waals surface area contributed by atoms with Crippen LogP contribution in [0.3, 0.4) is 0 Å². The van der Waals surface area contributed by atoms with Gasteiger partial charge in [-0.05, 0) is 48.5 Å². The number of amides is 1. The van der Waals surface area contributed by atoms with E-state index < -0.39 is 5.82 Å². The van der Waals surface area contributed by atoms with Crippen LogP contribution in [0.15, 0.2) is 67.3 Å². The maximum Gasteiger partial charge on any atom is 0.247 e. The number of hydrogen-bond donors (Lipinski definition) is 3. The third kappa shape index (κ3) is 6.51. The molecule has 1 amide bonds. The van der Waals surface area contributed by atoms with Crippen molar-refractivity contribution in [3.63, 3.8) is 0 Å². The number of rotatable bonds is 10. The molecule has 160 valence electrons. The number of anilines is 5. The van der Waals surface area contributed by atoms with Crippen LogP contribution in [0.25, 0.3) is 0 Å². The predicted octanol–water partition coefficient (Wildman–Crippen LogP) is 4.25. The highest BCUT2D eigenvalue weighted by Gasteiger charge is 2.09. The van der Waals surface area contributed by atoms with Crippen molar-refractivity contribution in [1.82, 2.24) is 9.97 Å². The Balaban J connectivity index is 1.76. The van der Waals surface area contributed by atoms with Gasteiger partial charge in [0.2, 0.25) is 11.9 Å². The Bertz CT molecular complexity index is 1140. The molecule has 1 aromatic heterocycles. The van der Waals surface area contributed by atoms with E-state index in [1.165, 1.54) is 19.2 Å². The maximum absolute atomic E-state index is 14.3. The second-order valence-corrected chi connectivity index (χ2v) is 6.12. The van der Waals surface area contributed by atoms with E-state index in [9.17, 15) is 9.18 Å². The number of carbonyl (C=O) groups excluding carboxylic acids is 1. The van der Waals surface area contributed by atoms with Crippen molar-refractivity contribution in [2.45, 2.75) is 0 Å². The molecule has 9 heteroatoms. The van der Waals surface area contributed by atoms with E-state index in [-0.39, 0.29) is 42.1 Å². The molecular weight excluding hydrogens is 401 g/mol. The van der Waals surface area contributed by atoms with Crippen LogP contribution in [0.4, 0.5) is 33.2 Å². The van der Waals surface area contributed by atoms with Crippen molar-refractivity contribution < 1.29 is 21.4 Å². The first-order valence-corrected chi connectivity index (χ1v) is 9.22. The minimum Gasteiger partial charge on any atom is -0.491 e. The zero-order valence-corrected chi connectivity index (χ0v) is 16.7. The molecule has 0 spiro atoms. The number of carbonyl (C=O) groups is 1. The second-order valence-electron chi connectivity index (χ2n) is 6.12. The van der Waals surface area contributed by atoms with Crippen LogP contribution < -0.4 is 20.7 Å². The van der Waals surface area contributed by atoms with Crippen molar-refractivity contribution in [1.29, 1.82) is 0 Å². The lowest BCUT2D eigenvalue weighted by molar-refractivity contribution is -0.111. The summed E-state index contributed by atoms with van der Waals surface area (Å²) in [5.41, 5.74) is 1.35. The Morgan fingerprint density at radius 2 is 1.97 bits per heavy atom. The topological polar surface area (TPSA) is 97.4 Å². The zero-order valence-electron chi connectivity index (χ0n) is 18.7. The average molecular weight is 425 g/mol. The molecule has 3 aromatic rings. The highest BCUT2D eigenvalue weighted by molar-refractivity contribution is 5.99. The van der Waals surface area contributed by atoms with Gasteiger partial charge < -0.3 is 25.4 Å². The monoisotopic (exact) mass is 425 g/mol. The Hall–Kier alpha value is -3.98. The summed E-state index contributed by atoms with van der Waals surface area (Å²) < 4.78 is 40.8. The highest BCUT2D eigenvalue weighted by atomic mass is 19.1. The summed E-state index contributed by atoms with van der Waals surface area (Å²) in [6, 6.07) is 9.55. The van der Waals surface area contributed by atoms with Crippen LogP contribution in [0.2, 0.25) is 0 Å². The Kier molecular flexibility index (Phi) is 6.56. The van der Waals surface area contributed by atoms with Gasteiger partial charge in [-0.3, -0.25) is 4.79 Å². The van der Waals surface area contributed by atoms with Gasteiger partial charge in [-0.25, -0.2) is 9.37 Å². The van der Waals surface area contributed by atoms with E-state index in [2.05, 4.69) is 32.5 Å². The van der Waals surface area contributed by atoms with E-state index in [0.29, 0.717) is 23.7 Å². The first-order valence-electron chi connectivity index (χ1n) is 10.2. The average Bonchev–Trinajstić information content (AvgIpc) is 2.78.